The van der Waals surface area contributed by atoms with Crippen LogP contribution in [0.25, 0.3) is 5.57 Å². The summed E-state index contributed by atoms with van der Waals surface area (Å²) in [6, 6.07) is 7.98. The maximum atomic E-state index is 12.8. The van der Waals surface area contributed by atoms with Crippen LogP contribution < -0.4 is 11.1 Å². The van der Waals surface area contributed by atoms with Crippen molar-refractivity contribution in [3.05, 3.63) is 46.9 Å². The van der Waals surface area contributed by atoms with Crippen LogP contribution >= 0.6 is 11.3 Å². The molecule has 0 fully saturated rings. The average Bonchev–Trinajstić information content (AvgIpc) is 2.81. The third kappa shape index (κ3) is 3.09. The highest BCUT2D eigenvalue weighted by molar-refractivity contribution is 7.13. The van der Waals surface area contributed by atoms with Gasteiger partial charge in [-0.05, 0) is 31.2 Å². The molecule has 0 amide bonds. The molecule has 2 aromatic rings. The maximum Gasteiger partial charge on any atom is 0.187 e. The molecule has 0 spiro atoms. The lowest BCUT2D eigenvalue weighted by molar-refractivity contribution is 0.628. The fraction of sp³-hybridized carbons (Fsp3) is 0.0769. The van der Waals surface area contributed by atoms with Crippen molar-refractivity contribution in [2.45, 2.75) is 6.92 Å². The first-order valence-corrected chi connectivity index (χ1v) is 6.33. The second kappa shape index (κ2) is 5.50. The van der Waals surface area contributed by atoms with Crippen LogP contribution in [0.1, 0.15) is 12.6 Å². The van der Waals surface area contributed by atoms with E-state index in [9.17, 15) is 4.39 Å². The highest BCUT2D eigenvalue weighted by Crippen LogP contribution is 2.25. The summed E-state index contributed by atoms with van der Waals surface area (Å²) >= 11 is 1.35. The summed E-state index contributed by atoms with van der Waals surface area (Å²) in [4.78, 5) is 4.27. The average molecular weight is 274 g/mol. The molecule has 2 rings (SSSR count). The highest BCUT2D eigenvalue weighted by Gasteiger charge is 2.09. The number of benzene rings is 1. The number of hydrogen-bond donors (Lipinski definition) is 2. The number of allylic oxidation sites excluding steroid dienone is 2. The van der Waals surface area contributed by atoms with Crippen molar-refractivity contribution in [2.24, 2.45) is 5.73 Å². The van der Waals surface area contributed by atoms with E-state index >= 15 is 0 Å². The molecule has 6 heteroatoms. The van der Waals surface area contributed by atoms with E-state index in [1.165, 1.54) is 23.5 Å². The van der Waals surface area contributed by atoms with E-state index in [0.717, 1.165) is 5.69 Å². The Morgan fingerprint density at radius 1 is 1.42 bits per heavy atom. The second-order valence-corrected chi connectivity index (χ2v) is 4.70. The molecule has 4 nitrogen and oxygen atoms in total. The number of nitrogens with zero attached hydrogens (tertiary/aromatic N) is 2. The van der Waals surface area contributed by atoms with Crippen molar-refractivity contribution in [3.8, 4) is 6.07 Å². The van der Waals surface area contributed by atoms with Crippen LogP contribution in [0, 0.1) is 17.1 Å². The van der Waals surface area contributed by atoms with E-state index in [2.05, 4.69) is 10.3 Å². The minimum absolute atomic E-state index is 0.293. The van der Waals surface area contributed by atoms with Gasteiger partial charge in [-0.15, -0.1) is 11.3 Å². The molecular formula is C13H11FN4S. The van der Waals surface area contributed by atoms with Crippen LogP contribution in [-0.2, 0) is 0 Å². The Morgan fingerprint density at radius 2 is 2.11 bits per heavy atom. The number of thiazole rings is 1. The molecule has 19 heavy (non-hydrogen) atoms. The zero-order valence-electron chi connectivity index (χ0n) is 10.1. The monoisotopic (exact) mass is 274 g/mol. The van der Waals surface area contributed by atoms with Gasteiger partial charge in [-0.25, -0.2) is 9.37 Å². The SMILES string of the molecule is C/C(N)=C(/C#N)c1csc(Nc2ccc(F)cc2)n1. The molecule has 0 radical (unpaired) electrons. The minimum Gasteiger partial charge on any atom is -0.401 e. The zero-order valence-corrected chi connectivity index (χ0v) is 11.0. The Balaban J connectivity index is 2.21. The Kier molecular flexibility index (Phi) is 3.78. The number of hydrogen-bond acceptors (Lipinski definition) is 5. The van der Waals surface area contributed by atoms with Crippen molar-refractivity contribution < 1.29 is 4.39 Å². The van der Waals surface area contributed by atoms with Gasteiger partial charge in [0.2, 0.25) is 0 Å². The Labute approximate surface area is 114 Å². The fourth-order valence-corrected chi connectivity index (χ4v) is 2.17. The number of nitrogens with two attached hydrogens (primary N) is 1. The van der Waals surface area contributed by atoms with Gasteiger partial charge in [-0.2, -0.15) is 5.26 Å². The topological polar surface area (TPSA) is 74.7 Å². The molecule has 0 bridgehead atoms. The van der Waals surface area contributed by atoms with Gasteiger partial charge in [-0.1, -0.05) is 0 Å². The van der Waals surface area contributed by atoms with Crippen molar-refractivity contribution in [2.75, 3.05) is 5.32 Å². The summed E-state index contributed by atoms with van der Waals surface area (Å²) in [6.45, 7) is 1.66. The van der Waals surface area contributed by atoms with Crippen molar-refractivity contribution in [1.82, 2.24) is 4.98 Å². The Hall–Kier alpha value is -2.39. The molecule has 0 aliphatic carbocycles. The largest absolute Gasteiger partial charge is 0.401 e. The van der Waals surface area contributed by atoms with Gasteiger partial charge in [0.1, 0.15) is 11.9 Å². The van der Waals surface area contributed by atoms with Crippen molar-refractivity contribution in [3.63, 3.8) is 0 Å². The Bertz CT molecular complexity index is 648. The number of halogens is 1. The quantitative estimate of drug-likeness (QED) is 0.842. The first-order valence-electron chi connectivity index (χ1n) is 5.45. The van der Waals surface area contributed by atoms with E-state index < -0.39 is 0 Å². The second-order valence-electron chi connectivity index (χ2n) is 3.84. The van der Waals surface area contributed by atoms with E-state index in [1.807, 2.05) is 6.07 Å². The molecule has 1 aromatic carbocycles. The lowest BCUT2D eigenvalue weighted by Crippen LogP contribution is -1.97. The molecule has 1 heterocycles. The molecule has 0 aliphatic rings. The van der Waals surface area contributed by atoms with Crippen molar-refractivity contribution >= 4 is 27.7 Å². The van der Waals surface area contributed by atoms with E-state index in [-0.39, 0.29) is 5.82 Å². The summed E-state index contributed by atoms with van der Waals surface area (Å²) in [5.41, 5.74) is 7.68. The summed E-state index contributed by atoms with van der Waals surface area (Å²) in [5.74, 6) is -0.293. The van der Waals surface area contributed by atoms with Crippen LogP contribution in [0.4, 0.5) is 15.2 Å². The third-order valence-corrected chi connectivity index (χ3v) is 3.12. The highest BCUT2D eigenvalue weighted by atomic mass is 32.1. The molecule has 0 aliphatic heterocycles. The number of nitrogens with one attached hydrogen (secondary N) is 1. The maximum absolute atomic E-state index is 12.8. The van der Waals surface area contributed by atoms with Gasteiger partial charge >= 0.3 is 0 Å². The summed E-state index contributed by atoms with van der Waals surface area (Å²) in [7, 11) is 0. The molecular weight excluding hydrogens is 263 g/mol. The predicted molar refractivity (Wildman–Crippen MR) is 74.2 cm³/mol. The number of anilines is 2. The van der Waals surface area contributed by atoms with E-state index in [4.69, 9.17) is 11.0 Å². The molecule has 0 atom stereocenters. The molecule has 0 saturated carbocycles. The summed E-state index contributed by atoms with van der Waals surface area (Å²) in [6.07, 6.45) is 0. The molecule has 0 saturated heterocycles. The van der Waals surface area contributed by atoms with Gasteiger partial charge in [0.25, 0.3) is 0 Å². The van der Waals surface area contributed by atoms with Gasteiger partial charge in [0.05, 0.1) is 11.3 Å². The molecule has 3 N–H and O–H groups in total. The van der Waals surface area contributed by atoms with Crippen LogP contribution in [0.5, 0.6) is 0 Å². The number of aromatic nitrogens is 1. The zero-order chi connectivity index (χ0) is 13.8. The Morgan fingerprint density at radius 3 is 2.68 bits per heavy atom. The van der Waals surface area contributed by atoms with E-state index in [0.29, 0.717) is 22.1 Å². The van der Waals surface area contributed by atoms with Gasteiger partial charge in [-0.3, -0.25) is 0 Å². The van der Waals surface area contributed by atoms with Crippen LogP contribution in [0.2, 0.25) is 0 Å². The lowest BCUT2D eigenvalue weighted by Gasteiger charge is -2.01. The molecule has 96 valence electrons. The van der Waals surface area contributed by atoms with E-state index in [1.54, 1.807) is 24.4 Å². The first kappa shape index (κ1) is 13.1. The number of rotatable bonds is 3. The predicted octanol–water partition coefficient (Wildman–Crippen LogP) is 3.24. The third-order valence-electron chi connectivity index (χ3n) is 2.36. The lowest BCUT2D eigenvalue weighted by atomic mass is 10.2. The van der Waals surface area contributed by atoms with Crippen LogP contribution in [0.3, 0.4) is 0 Å². The molecule has 1 aromatic heterocycles. The van der Waals surface area contributed by atoms with Crippen molar-refractivity contribution in [1.29, 1.82) is 5.26 Å². The normalized spacial score (nSPS) is 11.6. The summed E-state index contributed by atoms with van der Waals surface area (Å²) in [5, 5.41) is 14.4. The minimum atomic E-state index is -0.293. The fourth-order valence-electron chi connectivity index (χ4n) is 1.45. The first-order chi connectivity index (χ1) is 9.10. The molecule has 0 unspecified atom stereocenters. The van der Waals surface area contributed by atoms with Crippen LogP contribution in [-0.4, -0.2) is 4.98 Å². The summed E-state index contributed by atoms with van der Waals surface area (Å²) < 4.78 is 12.8. The number of nitriles is 1. The van der Waals surface area contributed by atoms with Gasteiger partial charge in [0.15, 0.2) is 5.13 Å². The van der Waals surface area contributed by atoms with Crippen LogP contribution in [0.15, 0.2) is 35.3 Å². The van der Waals surface area contributed by atoms with Gasteiger partial charge < -0.3 is 11.1 Å². The van der Waals surface area contributed by atoms with Gasteiger partial charge in [0, 0.05) is 16.8 Å². The smallest absolute Gasteiger partial charge is 0.187 e. The standard InChI is InChI=1S/C13H11FN4S/c1-8(16)11(6-15)12-7-19-13(18-12)17-10-4-2-9(14)3-5-10/h2-5,7H,16H2,1H3,(H,17,18)/b11-8+.